The Hall–Kier alpha value is -2.79. The Bertz CT molecular complexity index is 855. The number of carbonyl (C=O) groups is 2. The molecule has 0 radical (unpaired) electrons. The largest absolute Gasteiger partial charge is 0.476 e. The van der Waals surface area contributed by atoms with Crippen LogP contribution >= 0.6 is 11.3 Å². The van der Waals surface area contributed by atoms with Crippen LogP contribution in [0.1, 0.15) is 18.9 Å². The van der Waals surface area contributed by atoms with Crippen molar-refractivity contribution >= 4 is 39.9 Å². The van der Waals surface area contributed by atoms with Crippen molar-refractivity contribution in [3.63, 3.8) is 0 Å². The van der Waals surface area contributed by atoms with Crippen LogP contribution in [0.15, 0.2) is 12.1 Å². The minimum atomic E-state index is -0.703. The van der Waals surface area contributed by atoms with Crippen molar-refractivity contribution in [2.75, 3.05) is 29.6 Å². The number of nitrogens with zero attached hydrogens (tertiary/aromatic N) is 4. The second-order valence-corrected chi connectivity index (χ2v) is 7.31. The number of nitrogen functional groups attached to an aromatic ring is 1. The number of pyridine rings is 1. The van der Waals surface area contributed by atoms with Gasteiger partial charge in [-0.1, -0.05) is 25.2 Å². The zero-order chi connectivity index (χ0) is 19.6. The van der Waals surface area contributed by atoms with Crippen LogP contribution in [0.2, 0.25) is 0 Å². The van der Waals surface area contributed by atoms with E-state index in [2.05, 4.69) is 20.5 Å². The number of anilines is 3. The summed E-state index contributed by atoms with van der Waals surface area (Å²) in [6.45, 7) is 3.81. The highest BCUT2D eigenvalue weighted by atomic mass is 32.1. The fourth-order valence-corrected chi connectivity index (χ4v) is 3.27. The first-order valence-corrected chi connectivity index (χ1v) is 9.06. The van der Waals surface area contributed by atoms with Crippen molar-refractivity contribution in [3.05, 3.63) is 17.1 Å². The van der Waals surface area contributed by atoms with E-state index in [-0.39, 0.29) is 30.0 Å². The first kappa shape index (κ1) is 19.0. The van der Waals surface area contributed by atoms with Gasteiger partial charge in [0, 0.05) is 7.11 Å². The second-order valence-electron chi connectivity index (χ2n) is 6.25. The van der Waals surface area contributed by atoms with E-state index in [1.54, 1.807) is 19.2 Å². The quantitative estimate of drug-likeness (QED) is 0.745. The zero-order valence-electron chi connectivity index (χ0n) is 15.1. The van der Waals surface area contributed by atoms with E-state index in [4.69, 9.17) is 15.2 Å². The van der Waals surface area contributed by atoms with Crippen LogP contribution in [0, 0.1) is 5.92 Å². The fourth-order valence-electron chi connectivity index (χ4n) is 2.54. The number of nitrogens with one attached hydrogen (secondary N) is 1. The number of hydrogen-bond acceptors (Lipinski definition) is 9. The Morgan fingerprint density at radius 2 is 2.22 bits per heavy atom. The molecule has 0 fully saturated rings. The van der Waals surface area contributed by atoms with E-state index in [1.165, 1.54) is 16.2 Å². The molecule has 1 unspecified atom stereocenters. The lowest BCUT2D eigenvalue weighted by molar-refractivity contribution is -0.129. The molecule has 0 bridgehead atoms. The lowest BCUT2D eigenvalue weighted by atomic mass is 10.0. The minimum Gasteiger partial charge on any atom is -0.476 e. The zero-order valence-corrected chi connectivity index (χ0v) is 15.9. The van der Waals surface area contributed by atoms with Crippen molar-refractivity contribution in [2.24, 2.45) is 5.92 Å². The van der Waals surface area contributed by atoms with Crippen LogP contribution in [0.25, 0.3) is 0 Å². The Labute approximate surface area is 159 Å². The Kier molecular flexibility index (Phi) is 5.51. The number of fused-ring (bicyclic) bond motifs is 1. The van der Waals surface area contributed by atoms with Crippen molar-refractivity contribution in [3.8, 4) is 5.75 Å². The molecule has 27 heavy (non-hydrogen) atoms. The molecule has 0 aromatic carbocycles. The van der Waals surface area contributed by atoms with Crippen LogP contribution in [0.4, 0.5) is 16.8 Å². The molecule has 0 aliphatic carbocycles. The van der Waals surface area contributed by atoms with Crippen LogP contribution in [-0.2, 0) is 20.9 Å². The molecular formula is C16H20N6O4S. The second kappa shape index (κ2) is 7.84. The topological polar surface area (TPSA) is 133 Å². The summed E-state index contributed by atoms with van der Waals surface area (Å²) in [5.41, 5.74) is 5.74. The molecule has 3 rings (SSSR count). The molecule has 3 N–H and O–H groups in total. The van der Waals surface area contributed by atoms with Crippen molar-refractivity contribution < 1.29 is 19.1 Å². The third kappa shape index (κ3) is 4.14. The van der Waals surface area contributed by atoms with Crippen molar-refractivity contribution in [2.45, 2.75) is 26.6 Å². The van der Waals surface area contributed by atoms with Crippen LogP contribution in [0.3, 0.4) is 0 Å². The monoisotopic (exact) mass is 392 g/mol. The molecule has 11 heteroatoms. The summed E-state index contributed by atoms with van der Waals surface area (Å²) in [6, 6.07) is 3.23. The van der Waals surface area contributed by atoms with Crippen LogP contribution < -0.4 is 20.7 Å². The molecule has 0 spiro atoms. The number of nitrogens with two attached hydrogens (primary N) is 1. The Morgan fingerprint density at radius 3 is 2.93 bits per heavy atom. The molecule has 10 nitrogen and oxygen atoms in total. The number of methoxy groups -OCH3 is 1. The summed E-state index contributed by atoms with van der Waals surface area (Å²) in [6.07, 6.45) is -0.703. The van der Waals surface area contributed by atoms with Gasteiger partial charge in [0.05, 0.1) is 0 Å². The van der Waals surface area contributed by atoms with Gasteiger partial charge in [-0.15, -0.1) is 10.2 Å². The third-order valence-electron chi connectivity index (χ3n) is 3.77. The lowest BCUT2D eigenvalue weighted by Crippen LogP contribution is -2.51. The number of rotatable bonds is 6. The smallest absolute Gasteiger partial charge is 0.270 e. The van der Waals surface area contributed by atoms with E-state index in [9.17, 15) is 9.59 Å². The summed E-state index contributed by atoms with van der Waals surface area (Å²) in [7, 11) is 1.55. The molecule has 2 aromatic heterocycles. The molecule has 1 aliphatic rings. The predicted molar refractivity (Wildman–Crippen MR) is 99.5 cm³/mol. The first-order valence-electron chi connectivity index (χ1n) is 8.24. The first-order chi connectivity index (χ1) is 12.9. The highest BCUT2D eigenvalue weighted by molar-refractivity contribution is 7.15. The van der Waals surface area contributed by atoms with E-state index >= 15 is 0 Å². The summed E-state index contributed by atoms with van der Waals surface area (Å²) in [4.78, 5) is 30.7. The normalized spacial score (nSPS) is 16.2. The number of hydrogen-bond donors (Lipinski definition) is 2. The average Bonchev–Trinajstić information content (AvgIpc) is 3.04. The standard InChI is InChI=1S/C16H20N6O4S/c1-8(2)13-15(24)22(14-9(26-13)4-5-10(17)18-14)6-11(23)19-16-21-20-12(27-16)7-25-3/h4-5,8,13H,6-7H2,1-3H3,(H2,17,18)(H,19,21,23). The summed E-state index contributed by atoms with van der Waals surface area (Å²) < 4.78 is 10.7. The highest BCUT2D eigenvalue weighted by Crippen LogP contribution is 2.34. The molecule has 1 aliphatic heterocycles. The highest BCUT2D eigenvalue weighted by Gasteiger charge is 2.38. The van der Waals surface area contributed by atoms with E-state index in [0.29, 0.717) is 22.5 Å². The maximum atomic E-state index is 12.8. The van der Waals surface area contributed by atoms with Gasteiger partial charge in [-0.2, -0.15) is 0 Å². The minimum absolute atomic E-state index is 0.0754. The SMILES string of the molecule is COCc1nnc(NC(=O)CN2C(=O)C(C(C)C)Oc3ccc(N)nc32)s1. The van der Waals surface area contributed by atoms with Gasteiger partial charge < -0.3 is 15.2 Å². The lowest BCUT2D eigenvalue weighted by Gasteiger charge is -2.34. The number of carbonyl (C=O) groups excluding carboxylic acids is 2. The van der Waals surface area contributed by atoms with Gasteiger partial charge in [-0.25, -0.2) is 4.98 Å². The van der Waals surface area contributed by atoms with Crippen LogP contribution in [0.5, 0.6) is 5.75 Å². The maximum absolute atomic E-state index is 12.8. The molecule has 144 valence electrons. The molecule has 3 heterocycles. The van der Waals surface area contributed by atoms with Gasteiger partial charge in [0.15, 0.2) is 17.7 Å². The number of amides is 2. The summed E-state index contributed by atoms with van der Waals surface area (Å²) in [5.74, 6) is 0.0181. The predicted octanol–water partition coefficient (Wildman–Crippen LogP) is 1.05. The summed E-state index contributed by atoms with van der Waals surface area (Å²) >= 11 is 1.20. The molecule has 0 saturated heterocycles. The molecular weight excluding hydrogens is 372 g/mol. The number of aromatic nitrogens is 3. The van der Waals surface area contributed by atoms with Gasteiger partial charge in [-0.05, 0) is 18.1 Å². The molecule has 2 aromatic rings. The average molecular weight is 392 g/mol. The summed E-state index contributed by atoms with van der Waals surface area (Å²) in [5, 5.41) is 11.4. The third-order valence-corrected chi connectivity index (χ3v) is 4.58. The maximum Gasteiger partial charge on any atom is 0.270 e. The van der Waals surface area contributed by atoms with Crippen LogP contribution in [-0.4, -0.2) is 46.8 Å². The van der Waals surface area contributed by atoms with Gasteiger partial charge in [0.1, 0.15) is 24.0 Å². The van der Waals surface area contributed by atoms with E-state index < -0.39 is 12.0 Å². The molecule has 0 saturated carbocycles. The van der Waals surface area contributed by atoms with Crippen molar-refractivity contribution in [1.82, 2.24) is 15.2 Å². The fraction of sp³-hybridized carbons (Fsp3) is 0.438. The van der Waals surface area contributed by atoms with E-state index in [0.717, 1.165) is 0 Å². The van der Waals surface area contributed by atoms with Gasteiger partial charge in [0.2, 0.25) is 11.0 Å². The van der Waals surface area contributed by atoms with Gasteiger partial charge >= 0.3 is 0 Å². The van der Waals surface area contributed by atoms with Gasteiger partial charge in [0.25, 0.3) is 5.91 Å². The van der Waals surface area contributed by atoms with Crippen molar-refractivity contribution in [1.29, 1.82) is 0 Å². The molecule has 1 atom stereocenters. The van der Waals surface area contributed by atoms with Gasteiger partial charge in [-0.3, -0.25) is 19.8 Å². The number of ether oxygens (including phenoxy) is 2. The Morgan fingerprint density at radius 1 is 1.44 bits per heavy atom. The Balaban J connectivity index is 1.79. The van der Waals surface area contributed by atoms with E-state index in [1.807, 2.05) is 13.8 Å². The molecule has 2 amide bonds.